The molecule has 0 aliphatic rings. The van der Waals surface area contributed by atoms with E-state index in [1.165, 1.54) is 0 Å². The quantitative estimate of drug-likeness (QED) is 0.0164. The van der Waals surface area contributed by atoms with E-state index in [0.29, 0.717) is 50.0 Å². The van der Waals surface area contributed by atoms with Crippen molar-refractivity contribution < 1.29 is 77.2 Å². The van der Waals surface area contributed by atoms with Crippen molar-refractivity contribution in [3.63, 3.8) is 0 Å². The molecule has 26 nitrogen and oxygen atoms in total. The van der Waals surface area contributed by atoms with Crippen molar-refractivity contribution in [3.05, 3.63) is 131 Å². The topological polar surface area (TPSA) is 398 Å². The number of hydrogen-bond acceptors (Lipinski definition) is 16. The highest BCUT2D eigenvalue weighted by molar-refractivity contribution is 5.93. The molecule has 524 valence electrons. The Labute approximate surface area is 561 Å². The first-order valence-corrected chi connectivity index (χ1v) is 32.8. The lowest BCUT2D eigenvalue weighted by Crippen LogP contribution is -2.44. The number of hydrogen-bond donors (Lipinski definition) is 12. The molecule has 8 amide bonds. The van der Waals surface area contributed by atoms with Crippen LogP contribution in [0, 0.1) is 11.8 Å². The van der Waals surface area contributed by atoms with Crippen molar-refractivity contribution in [2.75, 3.05) is 44.8 Å². The Morgan fingerprint density at radius 1 is 0.427 bits per heavy atom. The Hall–Kier alpha value is -9.88. The number of alkyl carbamates (subject to hydrolysis) is 2. The number of nitrogen functional groups attached to an aromatic ring is 1. The smallest absolute Gasteiger partial charge is 0.408 e. The van der Waals surface area contributed by atoms with Crippen LogP contribution in [0.2, 0.25) is 0 Å². The summed E-state index contributed by atoms with van der Waals surface area (Å²) in [5.41, 5.74) is 9.96. The largest absolute Gasteiger partial charge is 0.480 e. The number of ether oxygens (including phenoxy) is 2. The first-order valence-electron chi connectivity index (χ1n) is 32.8. The predicted molar refractivity (Wildman–Crippen MR) is 361 cm³/mol. The molecule has 0 bridgehead atoms. The van der Waals surface area contributed by atoms with Gasteiger partial charge in [0, 0.05) is 108 Å². The van der Waals surface area contributed by atoms with Gasteiger partial charge in [-0.15, -0.1) is 0 Å². The van der Waals surface area contributed by atoms with Crippen LogP contribution in [0.15, 0.2) is 109 Å². The number of nitrogens with two attached hydrogens (primary N) is 1. The summed E-state index contributed by atoms with van der Waals surface area (Å²) in [5.74, 6) is -5.48. The number of aliphatic carboxylic acids is 2. The Bertz CT molecular complexity index is 3080. The number of carbonyl (C=O) groups is 12. The van der Waals surface area contributed by atoms with Crippen molar-refractivity contribution in [1.29, 1.82) is 0 Å². The highest BCUT2D eigenvalue weighted by Gasteiger charge is 2.28. The van der Waals surface area contributed by atoms with Gasteiger partial charge < -0.3 is 73.3 Å². The summed E-state index contributed by atoms with van der Waals surface area (Å²) >= 11 is 0. The molecule has 26 heteroatoms. The minimum absolute atomic E-state index is 0.000566. The number of carboxylic acid groups (broad SMARTS) is 2. The number of Topliss-reactive ketones (excluding diaryl/α,β-unsaturated/α-hetero) is 2. The molecule has 6 atom stereocenters. The summed E-state index contributed by atoms with van der Waals surface area (Å²) in [6.45, 7) is 7.36. The van der Waals surface area contributed by atoms with E-state index >= 15 is 0 Å². The summed E-state index contributed by atoms with van der Waals surface area (Å²) in [7, 11) is 3.22. The van der Waals surface area contributed by atoms with Gasteiger partial charge in [-0.3, -0.25) is 38.4 Å². The van der Waals surface area contributed by atoms with Crippen LogP contribution in [0.1, 0.15) is 146 Å². The first-order chi connectivity index (χ1) is 46.1. The van der Waals surface area contributed by atoms with E-state index in [-0.39, 0.29) is 113 Å². The third kappa shape index (κ3) is 33.8. The number of nitrogens with one attached hydrogen (secondary N) is 9. The number of carbonyl (C=O) groups excluding carboxylic acids is 10. The minimum Gasteiger partial charge on any atom is -0.480 e. The lowest BCUT2D eigenvalue weighted by atomic mass is 9.98. The van der Waals surface area contributed by atoms with Gasteiger partial charge in [0.2, 0.25) is 35.4 Å². The Kier molecular flexibility index (Phi) is 38.7. The summed E-state index contributed by atoms with van der Waals surface area (Å²) in [4.78, 5) is 149. The number of rotatable bonds is 44. The first kappa shape index (κ1) is 80.4. The molecule has 4 aromatic carbocycles. The van der Waals surface area contributed by atoms with Crippen LogP contribution in [0.4, 0.5) is 21.0 Å². The van der Waals surface area contributed by atoms with Crippen LogP contribution >= 0.6 is 0 Å². The second-order valence-electron chi connectivity index (χ2n) is 23.0. The molecule has 0 heterocycles. The fourth-order valence-corrected chi connectivity index (χ4v) is 9.95. The molecule has 4 aromatic rings. The van der Waals surface area contributed by atoms with Crippen LogP contribution in [0.5, 0.6) is 0 Å². The molecule has 0 fully saturated rings. The number of carboxylic acids is 2. The summed E-state index contributed by atoms with van der Waals surface area (Å²) in [6, 6.07) is 27.1. The van der Waals surface area contributed by atoms with Crippen LogP contribution in [0.3, 0.4) is 0 Å². The zero-order valence-corrected chi connectivity index (χ0v) is 55.8. The monoisotopic (exact) mass is 1330 g/mol. The van der Waals surface area contributed by atoms with Crippen molar-refractivity contribution in [2.45, 2.75) is 174 Å². The maximum absolute atomic E-state index is 13.2. The molecular weight excluding hydrogens is 1240 g/mol. The lowest BCUT2D eigenvalue weighted by Gasteiger charge is -2.18. The summed E-state index contributed by atoms with van der Waals surface area (Å²) < 4.78 is 10.5. The maximum atomic E-state index is 13.2. The zero-order chi connectivity index (χ0) is 70.6. The van der Waals surface area contributed by atoms with Gasteiger partial charge in [-0.05, 0) is 105 Å². The maximum Gasteiger partial charge on any atom is 0.408 e. The molecule has 96 heavy (non-hydrogen) atoms. The second-order valence-corrected chi connectivity index (χ2v) is 23.0. The second kappa shape index (κ2) is 46.2. The third-order valence-electron chi connectivity index (χ3n) is 15.6. The van der Waals surface area contributed by atoms with Crippen LogP contribution in [-0.2, 0) is 83.5 Å². The number of anilines is 2. The van der Waals surface area contributed by atoms with Crippen molar-refractivity contribution in [2.24, 2.45) is 11.8 Å². The van der Waals surface area contributed by atoms with Crippen LogP contribution in [0.25, 0.3) is 0 Å². The van der Waals surface area contributed by atoms with Gasteiger partial charge >= 0.3 is 24.1 Å². The van der Waals surface area contributed by atoms with E-state index in [4.69, 9.17) is 15.2 Å². The molecule has 13 N–H and O–H groups in total. The van der Waals surface area contributed by atoms with Gasteiger partial charge in [0.1, 0.15) is 25.3 Å². The predicted octanol–water partition coefficient (Wildman–Crippen LogP) is 6.58. The van der Waals surface area contributed by atoms with Crippen LogP contribution < -0.4 is 53.6 Å². The molecule has 4 unspecified atom stereocenters. The Morgan fingerprint density at radius 3 is 1.17 bits per heavy atom. The standard InChI is InChI=1S/C36H51N5O8.C34H47N5O8/c1-4-27(34(45)37-3)13-9-10-22-39-32(43)20-18-29(41-36(48)49-24-26-11-7-6-8-12-26)31(42)19-21-33(44)40-30(35(46)47)23-25-14-16-28(17-15-25)38-5-2;1-3-25(32(43)36-2)11-7-8-20-37-30(41)18-16-27(39-34(46)47-22-24-9-5-4-6-10-24)29(40)17-19-31(42)38-28(33(44)45)21-23-12-14-26(35)15-13-23/h6-8,11-12,14-17,27,29-30,38H,4-5,9-10,13,18-24H2,1-3H3,(H,37,45)(H,39,43)(H,40,44)(H,41,48)(H,46,47);4-6,9-10,12-15,25,27-28H,3,7-8,11,16-22,35H2,1-2H3,(H,36,43)(H,37,41)(H,38,42)(H,39,46)(H,44,45)/t27?,29-,30?;25?,27-,28?/m00/s1. The van der Waals surface area contributed by atoms with Gasteiger partial charge in [0.15, 0.2) is 11.6 Å². The van der Waals surface area contributed by atoms with Crippen molar-refractivity contribution >= 4 is 82.5 Å². The van der Waals surface area contributed by atoms with Gasteiger partial charge in [-0.1, -0.05) is 112 Å². The molecule has 4 rings (SSSR count). The molecule has 0 radical (unpaired) electrons. The third-order valence-corrected chi connectivity index (χ3v) is 15.6. The number of unbranched alkanes of at least 4 members (excludes halogenated alkanes) is 2. The van der Waals surface area contributed by atoms with Crippen molar-refractivity contribution in [1.82, 2.24) is 42.5 Å². The number of amides is 8. The van der Waals surface area contributed by atoms with Gasteiger partial charge in [-0.2, -0.15) is 0 Å². The highest BCUT2D eigenvalue weighted by Crippen LogP contribution is 2.17. The fraction of sp³-hybridized carbons (Fsp3) is 0.486. The van der Waals surface area contributed by atoms with Gasteiger partial charge in [-0.25, -0.2) is 19.2 Å². The summed E-state index contributed by atoms with van der Waals surface area (Å²) in [6.07, 6.45) is 2.74. The van der Waals surface area contributed by atoms with E-state index in [1.54, 1.807) is 99.0 Å². The van der Waals surface area contributed by atoms with E-state index in [0.717, 1.165) is 54.6 Å². The molecule has 0 saturated heterocycles. The summed E-state index contributed by atoms with van der Waals surface area (Å²) in [5, 5.41) is 43.3. The Morgan fingerprint density at radius 2 is 0.812 bits per heavy atom. The average Bonchev–Trinajstić information content (AvgIpc) is 2.65. The van der Waals surface area contributed by atoms with E-state index < -0.39 is 71.7 Å². The molecule has 0 aromatic heterocycles. The molecule has 0 aliphatic heterocycles. The van der Waals surface area contributed by atoms with Crippen LogP contribution in [-0.4, -0.2) is 139 Å². The SMILES string of the molecule is CCC(CCCCNC(=O)CC[C@H](NC(=O)OCc1ccccc1)C(=O)CCC(=O)NC(Cc1ccc(N)cc1)C(=O)O)C(=O)NC.CCNc1ccc(CC(NC(=O)CCC(=O)[C@H](CCC(=O)NCCCCC(CC)C(=O)NC)NC(=O)OCc2ccccc2)C(=O)O)cc1. The molecule has 0 saturated carbocycles. The average molecular weight is 1340 g/mol. The van der Waals surface area contributed by atoms with E-state index in [1.807, 2.05) is 45.0 Å². The molecule has 0 aliphatic carbocycles. The highest BCUT2D eigenvalue weighted by atomic mass is 16.6. The minimum atomic E-state index is -1.23. The lowest BCUT2D eigenvalue weighted by molar-refractivity contribution is -0.142. The van der Waals surface area contributed by atoms with E-state index in [9.17, 15) is 67.7 Å². The Balaban J connectivity index is 0.000000501. The van der Waals surface area contributed by atoms with Gasteiger partial charge in [0.25, 0.3) is 0 Å². The normalized spacial score (nSPS) is 12.5. The zero-order valence-electron chi connectivity index (χ0n) is 55.8. The molecular formula is C70H98N10O16. The van der Waals surface area contributed by atoms with Gasteiger partial charge in [0.05, 0.1) is 12.1 Å². The number of ketones is 2. The van der Waals surface area contributed by atoms with Crippen molar-refractivity contribution in [3.8, 4) is 0 Å². The molecule has 0 spiro atoms. The fourth-order valence-electron chi connectivity index (χ4n) is 9.95. The van der Waals surface area contributed by atoms with E-state index in [2.05, 4.69) is 47.9 Å². The number of benzene rings is 4.